The van der Waals surface area contributed by atoms with Gasteiger partial charge in [0.2, 0.25) is 0 Å². The molecule has 2 rings (SSSR count). The summed E-state index contributed by atoms with van der Waals surface area (Å²) in [6.45, 7) is 6.03. The minimum absolute atomic E-state index is 0.717. The highest BCUT2D eigenvalue weighted by atomic mass is 16.5. The van der Waals surface area contributed by atoms with E-state index in [4.69, 9.17) is 4.74 Å². The zero-order valence-corrected chi connectivity index (χ0v) is 11.0. The van der Waals surface area contributed by atoms with Crippen LogP contribution in [0, 0.1) is 0 Å². The Morgan fingerprint density at radius 2 is 2.16 bits per heavy atom. The summed E-state index contributed by atoms with van der Waals surface area (Å²) in [6.07, 6.45) is 6.18. The van der Waals surface area contributed by atoms with Gasteiger partial charge in [0.15, 0.2) is 0 Å². The number of hydrogen-bond acceptors (Lipinski definition) is 3. The summed E-state index contributed by atoms with van der Waals surface area (Å²) in [4.78, 5) is 0. The zero-order chi connectivity index (χ0) is 13.3. The normalized spacial score (nSPS) is 10.3. The van der Waals surface area contributed by atoms with Crippen molar-refractivity contribution in [1.82, 2.24) is 15.1 Å². The summed E-state index contributed by atoms with van der Waals surface area (Å²) in [5, 5.41) is 7.58. The molecule has 1 N–H and O–H groups in total. The molecule has 2 aromatic rings. The van der Waals surface area contributed by atoms with E-state index in [1.807, 2.05) is 16.9 Å². The number of ether oxygens (including phenoxy) is 1. The average Bonchev–Trinajstić information content (AvgIpc) is 2.97. The second-order valence-corrected chi connectivity index (χ2v) is 4.18. The maximum Gasteiger partial charge on any atom is 0.0885 e. The van der Waals surface area contributed by atoms with E-state index in [1.54, 1.807) is 6.20 Å². The third kappa shape index (κ3) is 4.26. The molecule has 0 amide bonds. The second kappa shape index (κ2) is 7.38. The Bertz CT molecular complexity index is 477. The van der Waals surface area contributed by atoms with Crippen molar-refractivity contribution >= 4 is 0 Å². The minimum atomic E-state index is 0.717. The summed E-state index contributed by atoms with van der Waals surface area (Å²) in [5.41, 5.74) is 2.34. The lowest BCUT2D eigenvalue weighted by atomic mass is 10.2. The first-order valence-electron chi connectivity index (χ1n) is 6.42. The lowest BCUT2D eigenvalue weighted by molar-refractivity contribution is 0.244. The van der Waals surface area contributed by atoms with E-state index >= 15 is 0 Å². The Balaban J connectivity index is 1.75. The molecule has 4 nitrogen and oxygen atoms in total. The van der Waals surface area contributed by atoms with Gasteiger partial charge in [0.1, 0.15) is 0 Å². The first-order chi connectivity index (χ1) is 9.40. The smallest absolute Gasteiger partial charge is 0.0885 e. The first-order valence-corrected chi connectivity index (χ1v) is 6.42. The van der Waals surface area contributed by atoms with Crippen molar-refractivity contribution in [2.24, 2.45) is 0 Å². The number of nitrogens with one attached hydrogen (secondary N) is 1. The molecule has 0 unspecified atom stereocenters. The molecular weight excluding hydrogens is 238 g/mol. The Kier molecular flexibility index (Phi) is 5.19. The molecule has 0 bridgehead atoms. The van der Waals surface area contributed by atoms with Crippen LogP contribution < -0.4 is 5.32 Å². The summed E-state index contributed by atoms with van der Waals surface area (Å²) in [7, 11) is 0. The fourth-order valence-corrected chi connectivity index (χ4v) is 1.78. The summed E-state index contributed by atoms with van der Waals surface area (Å²) < 4.78 is 6.91. The van der Waals surface area contributed by atoms with Gasteiger partial charge in [-0.15, -0.1) is 0 Å². The third-order valence-corrected chi connectivity index (χ3v) is 2.77. The van der Waals surface area contributed by atoms with Crippen LogP contribution in [0.2, 0.25) is 0 Å². The molecule has 0 aliphatic rings. The monoisotopic (exact) mass is 257 g/mol. The van der Waals surface area contributed by atoms with Gasteiger partial charge in [-0.3, -0.25) is 0 Å². The van der Waals surface area contributed by atoms with E-state index in [2.05, 4.69) is 41.3 Å². The quantitative estimate of drug-likeness (QED) is 0.583. The van der Waals surface area contributed by atoms with Crippen LogP contribution in [0.1, 0.15) is 12.0 Å². The maximum atomic E-state index is 5.06. The van der Waals surface area contributed by atoms with Crippen molar-refractivity contribution in [2.75, 3.05) is 13.2 Å². The minimum Gasteiger partial charge on any atom is -0.502 e. The molecule has 0 atom stereocenters. The summed E-state index contributed by atoms with van der Waals surface area (Å²) in [5.74, 6) is 0. The van der Waals surface area contributed by atoms with Crippen molar-refractivity contribution in [1.29, 1.82) is 0 Å². The van der Waals surface area contributed by atoms with Gasteiger partial charge in [-0.1, -0.05) is 18.7 Å². The van der Waals surface area contributed by atoms with Crippen molar-refractivity contribution in [3.05, 3.63) is 61.1 Å². The topological polar surface area (TPSA) is 39.1 Å². The van der Waals surface area contributed by atoms with Crippen molar-refractivity contribution < 1.29 is 4.74 Å². The van der Waals surface area contributed by atoms with Crippen LogP contribution in [0.3, 0.4) is 0 Å². The van der Waals surface area contributed by atoms with E-state index in [-0.39, 0.29) is 0 Å². The van der Waals surface area contributed by atoms with E-state index in [9.17, 15) is 0 Å². The molecule has 1 aromatic carbocycles. The van der Waals surface area contributed by atoms with Gasteiger partial charge in [0.05, 0.1) is 18.6 Å². The van der Waals surface area contributed by atoms with Gasteiger partial charge in [-0.2, -0.15) is 5.10 Å². The number of aromatic nitrogens is 2. The fraction of sp³-hybridized carbons (Fsp3) is 0.267. The Morgan fingerprint density at radius 1 is 1.32 bits per heavy atom. The molecule has 4 heteroatoms. The van der Waals surface area contributed by atoms with Gasteiger partial charge >= 0.3 is 0 Å². The van der Waals surface area contributed by atoms with Crippen LogP contribution in [0.5, 0.6) is 0 Å². The van der Waals surface area contributed by atoms with Gasteiger partial charge in [-0.25, -0.2) is 4.68 Å². The molecule has 1 heterocycles. The maximum absolute atomic E-state index is 5.06. The van der Waals surface area contributed by atoms with E-state index in [1.165, 1.54) is 11.8 Å². The highest BCUT2D eigenvalue weighted by Crippen LogP contribution is 2.08. The van der Waals surface area contributed by atoms with Crippen LogP contribution in [0.4, 0.5) is 0 Å². The van der Waals surface area contributed by atoms with E-state index < -0.39 is 0 Å². The predicted octanol–water partition coefficient (Wildman–Crippen LogP) is 2.51. The molecule has 0 fully saturated rings. The molecule has 100 valence electrons. The Labute approximate surface area is 113 Å². The van der Waals surface area contributed by atoms with Crippen molar-refractivity contribution in [2.45, 2.75) is 13.0 Å². The number of benzene rings is 1. The molecular formula is C15H19N3O. The molecule has 0 aliphatic heterocycles. The molecule has 0 aliphatic carbocycles. The SMILES string of the molecule is C=COCCCNCc1ccc(-n2cccn2)cc1. The third-order valence-electron chi connectivity index (χ3n) is 2.77. The highest BCUT2D eigenvalue weighted by molar-refractivity contribution is 5.33. The molecule has 0 radical (unpaired) electrons. The summed E-state index contributed by atoms with van der Waals surface area (Å²) >= 11 is 0. The number of hydrogen-bond donors (Lipinski definition) is 1. The fourth-order valence-electron chi connectivity index (χ4n) is 1.78. The largest absolute Gasteiger partial charge is 0.502 e. The van der Waals surface area contributed by atoms with Gasteiger partial charge in [0, 0.05) is 18.9 Å². The zero-order valence-electron chi connectivity index (χ0n) is 11.0. The summed E-state index contributed by atoms with van der Waals surface area (Å²) in [6, 6.07) is 10.3. The standard InChI is InChI=1S/C15H19N3O/c1-2-19-12-4-9-16-13-14-5-7-15(8-6-14)18-11-3-10-17-18/h2-3,5-8,10-11,16H,1,4,9,12-13H2. The Hall–Kier alpha value is -2.07. The van der Waals surface area contributed by atoms with Crippen molar-refractivity contribution in [3.8, 4) is 5.69 Å². The predicted molar refractivity (Wildman–Crippen MR) is 76.0 cm³/mol. The van der Waals surface area contributed by atoms with Crippen LogP contribution >= 0.6 is 0 Å². The van der Waals surface area contributed by atoms with Crippen LogP contribution in [0.15, 0.2) is 55.6 Å². The lowest BCUT2D eigenvalue weighted by Gasteiger charge is -2.06. The molecule has 1 aromatic heterocycles. The van der Waals surface area contributed by atoms with E-state index in [0.717, 1.165) is 31.8 Å². The van der Waals surface area contributed by atoms with Gasteiger partial charge in [0.25, 0.3) is 0 Å². The molecule has 0 spiro atoms. The number of nitrogens with zero attached hydrogens (tertiary/aromatic N) is 2. The molecule has 0 saturated carbocycles. The molecule has 0 saturated heterocycles. The van der Waals surface area contributed by atoms with E-state index in [0.29, 0.717) is 0 Å². The lowest BCUT2D eigenvalue weighted by Crippen LogP contribution is -2.16. The number of rotatable bonds is 8. The van der Waals surface area contributed by atoms with Gasteiger partial charge < -0.3 is 10.1 Å². The average molecular weight is 257 g/mol. The highest BCUT2D eigenvalue weighted by Gasteiger charge is 1.97. The van der Waals surface area contributed by atoms with Gasteiger partial charge in [-0.05, 0) is 36.7 Å². The Morgan fingerprint density at radius 3 is 2.84 bits per heavy atom. The van der Waals surface area contributed by atoms with Crippen LogP contribution in [0.25, 0.3) is 5.69 Å². The van der Waals surface area contributed by atoms with Crippen LogP contribution in [-0.4, -0.2) is 22.9 Å². The first kappa shape index (κ1) is 13.4. The van der Waals surface area contributed by atoms with Crippen LogP contribution in [-0.2, 0) is 11.3 Å². The van der Waals surface area contributed by atoms with Crippen molar-refractivity contribution in [3.63, 3.8) is 0 Å². The second-order valence-electron chi connectivity index (χ2n) is 4.18. The molecule has 19 heavy (non-hydrogen) atoms.